The van der Waals surface area contributed by atoms with Crippen LogP contribution < -0.4 is 10.6 Å². The molecule has 2 rings (SSSR count). The Balaban J connectivity index is 2.13. The molecule has 116 valence electrons. The normalized spacial score (nSPS) is 12.5. The van der Waals surface area contributed by atoms with E-state index in [0.717, 1.165) is 4.47 Å². The molecule has 1 amide bonds. The summed E-state index contributed by atoms with van der Waals surface area (Å²) in [4.78, 5) is 16.1. The zero-order chi connectivity index (χ0) is 16.2. The van der Waals surface area contributed by atoms with Crippen molar-refractivity contribution in [2.24, 2.45) is 0 Å². The minimum Gasteiger partial charge on any atom is -0.362 e. The number of halogens is 4. The quantitative estimate of drug-likeness (QED) is 0.567. The number of hydrogen-bond acceptors (Lipinski definition) is 3. The highest BCUT2D eigenvalue weighted by molar-refractivity contribution is 9.10. The topological polar surface area (TPSA) is 54.0 Å². The number of nitrogens with one attached hydrogen (secondary N) is 2. The molecule has 2 aromatic rings. The number of benzene rings is 1. The number of aromatic nitrogens is 1. The zero-order valence-electron chi connectivity index (χ0n) is 11.1. The minimum atomic E-state index is -1.73. The Hall–Kier alpha value is -1.01. The molecular formula is C14H11BrCl3N3O. The largest absolute Gasteiger partial charge is 0.362 e. The molecule has 1 heterocycles. The molecule has 0 saturated heterocycles. The molecule has 1 atom stereocenters. The molecule has 2 N–H and O–H groups in total. The summed E-state index contributed by atoms with van der Waals surface area (Å²) in [5.74, 6) is -0.394. The second-order valence-corrected chi connectivity index (χ2v) is 7.63. The van der Waals surface area contributed by atoms with E-state index < -0.39 is 15.9 Å². The molecule has 22 heavy (non-hydrogen) atoms. The Bertz CT molecular complexity index is 632. The molecule has 4 nitrogen and oxygen atoms in total. The number of anilines is 1. The van der Waals surface area contributed by atoms with Crippen LogP contribution >= 0.6 is 50.7 Å². The van der Waals surface area contributed by atoms with Crippen LogP contribution in [-0.2, 0) is 0 Å². The number of pyridine rings is 1. The van der Waals surface area contributed by atoms with Gasteiger partial charge in [-0.25, -0.2) is 0 Å². The molecule has 8 heteroatoms. The number of amides is 1. The van der Waals surface area contributed by atoms with E-state index in [1.807, 2.05) is 12.1 Å². The van der Waals surface area contributed by atoms with Gasteiger partial charge in [0.2, 0.25) is 3.79 Å². The SMILES string of the molecule is O=C(NC(Nc1ccc(Br)cc1)C(Cl)(Cl)Cl)c1cccnc1. The van der Waals surface area contributed by atoms with Crippen molar-refractivity contribution in [3.8, 4) is 0 Å². The third kappa shape index (κ3) is 5.02. The monoisotopic (exact) mass is 421 g/mol. The van der Waals surface area contributed by atoms with E-state index in [0.29, 0.717) is 11.3 Å². The van der Waals surface area contributed by atoms with Crippen molar-refractivity contribution in [1.29, 1.82) is 0 Å². The molecule has 0 radical (unpaired) electrons. The summed E-state index contributed by atoms with van der Waals surface area (Å²) in [6.45, 7) is 0. The number of hydrogen-bond donors (Lipinski definition) is 2. The average molecular weight is 424 g/mol. The predicted molar refractivity (Wildman–Crippen MR) is 93.5 cm³/mol. The molecule has 1 unspecified atom stereocenters. The fourth-order valence-electron chi connectivity index (χ4n) is 1.62. The lowest BCUT2D eigenvalue weighted by molar-refractivity contribution is 0.0941. The van der Waals surface area contributed by atoms with Gasteiger partial charge < -0.3 is 10.6 Å². The number of carbonyl (C=O) groups is 1. The van der Waals surface area contributed by atoms with Crippen molar-refractivity contribution < 1.29 is 4.79 Å². The van der Waals surface area contributed by atoms with Crippen LogP contribution in [-0.4, -0.2) is 20.8 Å². The van der Waals surface area contributed by atoms with Crippen LogP contribution in [0.4, 0.5) is 5.69 Å². The van der Waals surface area contributed by atoms with Crippen molar-refractivity contribution in [3.05, 3.63) is 58.8 Å². The van der Waals surface area contributed by atoms with Gasteiger partial charge in [-0.05, 0) is 36.4 Å². The first-order valence-corrected chi connectivity index (χ1v) is 8.08. The third-order valence-electron chi connectivity index (χ3n) is 2.68. The lowest BCUT2D eigenvalue weighted by Crippen LogP contribution is -2.49. The Kier molecular flexibility index (Phi) is 5.92. The summed E-state index contributed by atoms with van der Waals surface area (Å²) < 4.78 is -0.812. The first-order chi connectivity index (χ1) is 10.4. The maximum absolute atomic E-state index is 12.2. The average Bonchev–Trinajstić information content (AvgIpc) is 2.48. The van der Waals surface area contributed by atoms with Crippen LogP contribution in [0, 0.1) is 0 Å². The van der Waals surface area contributed by atoms with Gasteiger partial charge >= 0.3 is 0 Å². The van der Waals surface area contributed by atoms with E-state index in [-0.39, 0.29) is 0 Å². The summed E-state index contributed by atoms with van der Waals surface area (Å²) >= 11 is 21.2. The maximum atomic E-state index is 12.2. The van der Waals surface area contributed by atoms with Crippen LogP contribution in [0.2, 0.25) is 0 Å². The van der Waals surface area contributed by atoms with E-state index in [1.165, 1.54) is 6.20 Å². The smallest absolute Gasteiger partial charge is 0.254 e. The molecule has 0 fully saturated rings. The fraction of sp³-hybridized carbons (Fsp3) is 0.143. The summed E-state index contributed by atoms with van der Waals surface area (Å²) in [6, 6.07) is 10.5. The Morgan fingerprint density at radius 3 is 2.41 bits per heavy atom. The van der Waals surface area contributed by atoms with Crippen molar-refractivity contribution in [3.63, 3.8) is 0 Å². The number of nitrogens with zero attached hydrogens (tertiary/aromatic N) is 1. The number of alkyl halides is 3. The lowest BCUT2D eigenvalue weighted by atomic mass is 10.2. The molecule has 0 bridgehead atoms. The Labute approximate surface area is 151 Å². The second kappa shape index (κ2) is 7.51. The first-order valence-electron chi connectivity index (χ1n) is 6.16. The molecule has 1 aromatic carbocycles. The zero-order valence-corrected chi connectivity index (χ0v) is 14.9. The maximum Gasteiger partial charge on any atom is 0.254 e. The van der Waals surface area contributed by atoms with Gasteiger partial charge in [-0.15, -0.1) is 0 Å². The van der Waals surface area contributed by atoms with Crippen LogP contribution in [0.25, 0.3) is 0 Å². The van der Waals surface area contributed by atoms with Crippen molar-refractivity contribution in [2.75, 3.05) is 5.32 Å². The predicted octanol–water partition coefficient (Wildman–Crippen LogP) is 4.38. The van der Waals surface area contributed by atoms with E-state index in [2.05, 4.69) is 31.5 Å². The van der Waals surface area contributed by atoms with Crippen molar-refractivity contribution in [1.82, 2.24) is 10.3 Å². The van der Waals surface area contributed by atoms with Gasteiger partial charge in [-0.1, -0.05) is 50.7 Å². The van der Waals surface area contributed by atoms with Crippen LogP contribution in [0.15, 0.2) is 53.3 Å². The molecule has 0 spiro atoms. The minimum absolute atomic E-state index is 0.374. The molecule has 0 saturated carbocycles. The third-order valence-corrected chi connectivity index (χ3v) is 3.87. The Morgan fingerprint density at radius 2 is 1.86 bits per heavy atom. The van der Waals surface area contributed by atoms with E-state index in [9.17, 15) is 4.79 Å². The lowest BCUT2D eigenvalue weighted by Gasteiger charge is -2.27. The van der Waals surface area contributed by atoms with Gasteiger partial charge in [0, 0.05) is 22.6 Å². The van der Waals surface area contributed by atoms with Crippen LogP contribution in [0.5, 0.6) is 0 Å². The highest BCUT2D eigenvalue weighted by atomic mass is 79.9. The van der Waals surface area contributed by atoms with E-state index in [1.54, 1.807) is 30.5 Å². The van der Waals surface area contributed by atoms with E-state index >= 15 is 0 Å². The Morgan fingerprint density at radius 1 is 1.18 bits per heavy atom. The van der Waals surface area contributed by atoms with Gasteiger partial charge in [0.25, 0.3) is 5.91 Å². The molecule has 0 aliphatic rings. The fourth-order valence-corrected chi connectivity index (χ4v) is 2.22. The van der Waals surface area contributed by atoms with Crippen molar-refractivity contribution in [2.45, 2.75) is 9.96 Å². The highest BCUT2D eigenvalue weighted by Gasteiger charge is 2.34. The van der Waals surface area contributed by atoms with Crippen molar-refractivity contribution >= 4 is 62.3 Å². The highest BCUT2D eigenvalue weighted by Crippen LogP contribution is 2.31. The molecule has 0 aliphatic heterocycles. The van der Waals surface area contributed by atoms with Gasteiger partial charge in [0.1, 0.15) is 6.17 Å². The first kappa shape index (κ1) is 17.3. The van der Waals surface area contributed by atoms with Gasteiger partial charge in [0.05, 0.1) is 5.56 Å². The summed E-state index contributed by atoms with van der Waals surface area (Å²) in [6.07, 6.45) is 2.10. The standard InChI is InChI=1S/C14H11BrCl3N3O/c15-10-3-5-11(6-4-10)20-13(14(16,17)18)21-12(22)9-2-1-7-19-8-9/h1-8,13,20H,(H,21,22). The summed E-state index contributed by atoms with van der Waals surface area (Å²) in [7, 11) is 0. The summed E-state index contributed by atoms with van der Waals surface area (Å²) in [5, 5.41) is 5.62. The van der Waals surface area contributed by atoms with Gasteiger partial charge in [0.15, 0.2) is 0 Å². The van der Waals surface area contributed by atoms with Gasteiger partial charge in [-0.3, -0.25) is 9.78 Å². The van der Waals surface area contributed by atoms with E-state index in [4.69, 9.17) is 34.8 Å². The van der Waals surface area contributed by atoms with Crippen LogP contribution in [0.1, 0.15) is 10.4 Å². The van der Waals surface area contributed by atoms with Gasteiger partial charge in [-0.2, -0.15) is 0 Å². The molecular weight excluding hydrogens is 412 g/mol. The molecule has 1 aromatic heterocycles. The molecule has 0 aliphatic carbocycles. The number of carbonyl (C=O) groups excluding carboxylic acids is 1. The number of rotatable bonds is 4. The second-order valence-electron chi connectivity index (χ2n) is 4.34. The summed E-state index contributed by atoms with van der Waals surface area (Å²) in [5.41, 5.74) is 1.07. The van der Waals surface area contributed by atoms with Crippen LogP contribution in [0.3, 0.4) is 0 Å².